The van der Waals surface area contributed by atoms with Crippen molar-refractivity contribution in [1.29, 1.82) is 0 Å². The van der Waals surface area contributed by atoms with Gasteiger partial charge in [-0.25, -0.2) is 14.6 Å². The van der Waals surface area contributed by atoms with Gasteiger partial charge < -0.3 is 5.32 Å². The van der Waals surface area contributed by atoms with E-state index in [2.05, 4.69) is 20.4 Å². The molecule has 0 fully saturated rings. The molecule has 0 atom stereocenters. The zero-order chi connectivity index (χ0) is 14.0. The summed E-state index contributed by atoms with van der Waals surface area (Å²) in [4.78, 5) is 6.93. The first-order valence-corrected chi connectivity index (χ1v) is 6.38. The molecule has 2 rings (SSSR count). The molecular formula is C10H9F3IN5. The Hall–Kier alpha value is -1.39. The largest absolute Gasteiger partial charge is 0.451 e. The summed E-state index contributed by atoms with van der Waals surface area (Å²) in [5.41, 5.74) is 0. The molecule has 2 aromatic heterocycles. The van der Waals surface area contributed by atoms with E-state index in [1.807, 2.05) is 22.6 Å². The molecule has 0 saturated heterocycles. The number of nitrogens with one attached hydrogen (secondary N) is 1. The van der Waals surface area contributed by atoms with Gasteiger partial charge in [-0.15, -0.1) is 0 Å². The molecule has 9 heteroatoms. The molecule has 1 N–H and O–H groups in total. The number of halogens is 4. The molecule has 0 spiro atoms. The molecule has 102 valence electrons. The minimum atomic E-state index is -4.60. The van der Waals surface area contributed by atoms with Crippen LogP contribution in [-0.4, -0.2) is 26.3 Å². The van der Waals surface area contributed by atoms with Crippen molar-refractivity contribution < 1.29 is 13.2 Å². The lowest BCUT2D eigenvalue weighted by atomic mass is 10.4. The number of nitrogens with zero attached hydrogens (tertiary/aromatic N) is 4. The average Bonchev–Trinajstić information content (AvgIpc) is 2.75. The van der Waals surface area contributed by atoms with E-state index >= 15 is 0 Å². The van der Waals surface area contributed by atoms with Crippen LogP contribution in [0.1, 0.15) is 12.7 Å². The van der Waals surface area contributed by atoms with Crippen molar-refractivity contribution in [3.05, 3.63) is 27.9 Å². The second-order valence-corrected chi connectivity index (χ2v) is 4.81. The van der Waals surface area contributed by atoms with Crippen molar-refractivity contribution in [3.63, 3.8) is 0 Å². The van der Waals surface area contributed by atoms with Crippen LogP contribution in [0, 0.1) is 3.57 Å². The quantitative estimate of drug-likeness (QED) is 0.829. The molecule has 0 aliphatic heterocycles. The van der Waals surface area contributed by atoms with Crippen LogP contribution >= 0.6 is 22.6 Å². The summed E-state index contributed by atoms with van der Waals surface area (Å²) in [5.74, 6) is -1.00. The first kappa shape index (κ1) is 14.0. The van der Waals surface area contributed by atoms with Crippen molar-refractivity contribution in [2.24, 2.45) is 0 Å². The molecule has 0 amide bonds. The Kier molecular flexibility index (Phi) is 3.92. The number of rotatable bonds is 3. The van der Waals surface area contributed by atoms with E-state index in [4.69, 9.17) is 0 Å². The number of hydrogen-bond donors (Lipinski definition) is 1. The molecule has 2 aromatic rings. The highest BCUT2D eigenvalue weighted by Crippen LogP contribution is 2.28. The molecular weight excluding hydrogens is 374 g/mol. The maximum atomic E-state index is 12.7. The minimum Gasteiger partial charge on any atom is -0.370 e. The standard InChI is InChI=1S/C10H9F3IN5/c1-2-15-7-3-8(19-5-6(14)4-16-19)18-9(17-7)10(11,12)13/h3-5H,2H2,1H3,(H,15,17,18). The Morgan fingerprint density at radius 1 is 1.37 bits per heavy atom. The lowest BCUT2D eigenvalue weighted by molar-refractivity contribution is -0.144. The van der Waals surface area contributed by atoms with Crippen LogP contribution in [0.2, 0.25) is 0 Å². The van der Waals surface area contributed by atoms with Crippen LogP contribution < -0.4 is 5.32 Å². The van der Waals surface area contributed by atoms with Crippen LogP contribution in [0.3, 0.4) is 0 Å². The van der Waals surface area contributed by atoms with E-state index in [0.717, 1.165) is 3.57 Å². The molecule has 2 heterocycles. The first-order chi connectivity index (χ1) is 8.90. The number of alkyl halides is 3. The van der Waals surface area contributed by atoms with Crippen LogP contribution in [0.5, 0.6) is 0 Å². The van der Waals surface area contributed by atoms with E-state index in [0.29, 0.717) is 6.54 Å². The van der Waals surface area contributed by atoms with Crippen molar-refractivity contribution >= 4 is 28.4 Å². The summed E-state index contributed by atoms with van der Waals surface area (Å²) in [5, 5.41) is 6.68. The van der Waals surface area contributed by atoms with Gasteiger partial charge in [-0.1, -0.05) is 0 Å². The van der Waals surface area contributed by atoms with Crippen LogP contribution in [0.15, 0.2) is 18.5 Å². The fourth-order valence-corrected chi connectivity index (χ4v) is 1.76. The monoisotopic (exact) mass is 383 g/mol. The van der Waals surface area contributed by atoms with E-state index in [1.54, 1.807) is 13.1 Å². The van der Waals surface area contributed by atoms with Crippen molar-refractivity contribution in [1.82, 2.24) is 19.7 Å². The van der Waals surface area contributed by atoms with Gasteiger partial charge in [0.25, 0.3) is 0 Å². The van der Waals surface area contributed by atoms with Gasteiger partial charge in [0.2, 0.25) is 5.82 Å². The molecule has 0 radical (unpaired) electrons. The lowest BCUT2D eigenvalue weighted by Crippen LogP contribution is -2.15. The van der Waals surface area contributed by atoms with Gasteiger partial charge in [-0.3, -0.25) is 0 Å². The fraction of sp³-hybridized carbons (Fsp3) is 0.300. The molecule has 19 heavy (non-hydrogen) atoms. The van der Waals surface area contributed by atoms with Gasteiger partial charge in [-0.2, -0.15) is 18.3 Å². The second-order valence-electron chi connectivity index (χ2n) is 3.57. The van der Waals surface area contributed by atoms with Crippen LogP contribution in [-0.2, 0) is 6.18 Å². The Morgan fingerprint density at radius 2 is 2.11 bits per heavy atom. The smallest absolute Gasteiger partial charge is 0.370 e. The van der Waals surface area contributed by atoms with E-state index in [1.165, 1.54) is 16.9 Å². The molecule has 0 bridgehead atoms. The third-order valence-corrected chi connectivity index (χ3v) is 2.67. The molecule has 0 saturated carbocycles. The Bertz CT molecular complexity index is 581. The second kappa shape index (κ2) is 5.31. The number of hydrogen-bond acceptors (Lipinski definition) is 4. The maximum Gasteiger partial charge on any atom is 0.451 e. The third-order valence-electron chi connectivity index (χ3n) is 2.11. The van der Waals surface area contributed by atoms with Gasteiger partial charge in [-0.05, 0) is 29.5 Å². The summed E-state index contributed by atoms with van der Waals surface area (Å²) in [7, 11) is 0. The van der Waals surface area contributed by atoms with Gasteiger partial charge in [0, 0.05) is 18.8 Å². The SMILES string of the molecule is CCNc1cc(-n2cc(I)cn2)nc(C(F)(F)F)n1. The Labute approximate surface area is 120 Å². The summed E-state index contributed by atoms with van der Waals surface area (Å²) in [6.45, 7) is 2.23. The predicted molar refractivity (Wildman–Crippen MR) is 71.0 cm³/mol. The first-order valence-electron chi connectivity index (χ1n) is 5.31. The summed E-state index contributed by atoms with van der Waals surface area (Å²) >= 11 is 2.01. The number of anilines is 1. The zero-order valence-corrected chi connectivity index (χ0v) is 11.9. The highest BCUT2D eigenvalue weighted by atomic mass is 127. The average molecular weight is 383 g/mol. The Morgan fingerprint density at radius 3 is 2.63 bits per heavy atom. The molecule has 0 aliphatic carbocycles. The van der Waals surface area contributed by atoms with Gasteiger partial charge >= 0.3 is 6.18 Å². The van der Waals surface area contributed by atoms with Crippen molar-refractivity contribution in [2.45, 2.75) is 13.1 Å². The minimum absolute atomic E-state index is 0.0705. The topological polar surface area (TPSA) is 55.6 Å². The predicted octanol–water partition coefficient (Wildman–Crippen LogP) is 2.72. The van der Waals surface area contributed by atoms with E-state index < -0.39 is 12.0 Å². The van der Waals surface area contributed by atoms with Gasteiger partial charge in [0.05, 0.1) is 9.77 Å². The highest BCUT2D eigenvalue weighted by Gasteiger charge is 2.35. The van der Waals surface area contributed by atoms with Crippen LogP contribution in [0.4, 0.5) is 19.0 Å². The maximum absolute atomic E-state index is 12.7. The summed E-state index contributed by atoms with van der Waals surface area (Å²) < 4.78 is 40.3. The molecule has 0 unspecified atom stereocenters. The third kappa shape index (κ3) is 3.33. The lowest BCUT2D eigenvalue weighted by Gasteiger charge is -2.10. The van der Waals surface area contributed by atoms with E-state index in [9.17, 15) is 13.2 Å². The Balaban J connectivity index is 2.51. The molecule has 0 aliphatic rings. The molecule has 0 aromatic carbocycles. The normalized spacial score (nSPS) is 11.6. The highest BCUT2D eigenvalue weighted by molar-refractivity contribution is 14.1. The summed E-state index contributed by atoms with van der Waals surface area (Å²) in [6.07, 6.45) is -1.48. The number of aromatic nitrogens is 4. The van der Waals surface area contributed by atoms with Gasteiger partial charge in [0.1, 0.15) is 5.82 Å². The fourth-order valence-electron chi connectivity index (χ4n) is 1.38. The van der Waals surface area contributed by atoms with Gasteiger partial charge in [0.15, 0.2) is 5.82 Å². The van der Waals surface area contributed by atoms with E-state index in [-0.39, 0.29) is 11.6 Å². The van der Waals surface area contributed by atoms with Crippen LogP contribution in [0.25, 0.3) is 5.82 Å². The van der Waals surface area contributed by atoms with Crippen molar-refractivity contribution in [3.8, 4) is 5.82 Å². The van der Waals surface area contributed by atoms with Crippen molar-refractivity contribution in [2.75, 3.05) is 11.9 Å². The summed E-state index contributed by atoms with van der Waals surface area (Å²) in [6, 6.07) is 1.42. The zero-order valence-electron chi connectivity index (χ0n) is 9.74. The molecule has 5 nitrogen and oxygen atoms in total.